The summed E-state index contributed by atoms with van der Waals surface area (Å²) in [6, 6.07) is 6.00. The molecule has 0 aliphatic heterocycles. The monoisotopic (exact) mass is 279 g/mol. The van der Waals surface area contributed by atoms with Crippen LogP contribution in [0.15, 0.2) is 40.6 Å². The molecule has 0 aliphatic rings. The molecule has 0 atom stereocenters. The van der Waals surface area contributed by atoms with Crippen LogP contribution in [0.2, 0.25) is 5.02 Å². The molecule has 0 spiro atoms. The molecule has 3 nitrogen and oxygen atoms in total. The highest BCUT2D eigenvalue weighted by molar-refractivity contribution is 7.99. The minimum Gasteiger partial charge on any atom is -0.316 e. The second kappa shape index (κ2) is 6.18. The summed E-state index contributed by atoms with van der Waals surface area (Å²) in [5.74, 6) is 0. The molecule has 1 aromatic carbocycles. The Labute approximate surface area is 116 Å². The lowest BCUT2D eigenvalue weighted by molar-refractivity contribution is 0.817. The first-order valence-corrected chi connectivity index (χ1v) is 6.78. The van der Waals surface area contributed by atoms with E-state index in [2.05, 4.69) is 15.3 Å². The molecular weight excluding hydrogens is 266 g/mol. The third kappa shape index (κ3) is 3.45. The third-order valence-corrected chi connectivity index (χ3v) is 3.59. The number of hydrogen-bond acceptors (Lipinski definition) is 4. The largest absolute Gasteiger partial charge is 0.316 e. The molecule has 1 N–H and O–H groups in total. The van der Waals surface area contributed by atoms with E-state index in [1.807, 2.05) is 44.6 Å². The molecule has 94 valence electrons. The van der Waals surface area contributed by atoms with Gasteiger partial charge in [0.15, 0.2) is 5.16 Å². The van der Waals surface area contributed by atoms with Crippen molar-refractivity contribution >= 4 is 23.4 Å². The molecule has 0 radical (unpaired) electrons. The number of rotatable bonds is 4. The molecule has 18 heavy (non-hydrogen) atoms. The number of nitrogens with one attached hydrogen (secondary N) is 1. The van der Waals surface area contributed by atoms with E-state index in [1.165, 1.54) is 11.8 Å². The minimum absolute atomic E-state index is 0.734. The fraction of sp³-hybridized carbons (Fsp3) is 0.231. The molecule has 0 saturated heterocycles. The summed E-state index contributed by atoms with van der Waals surface area (Å²) >= 11 is 7.72. The van der Waals surface area contributed by atoms with Crippen molar-refractivity contribution in [1.82, 2.24) is 15.3 Å². The zero-order chi connectivity index (χ0) is 13.0. The lowest BCUT2D eigenvalue weighted by atomic mass is 10.2. The molecule has 2 aromatic rings. The highest BCUT2D eigenvalue weighted by Crippen LogP contribution is 2.28. The predicted molar refractivity (Wildman–Crippen MR) is 75.1 cm³/mol. The molecule has 5 heteroatoms. The van der Waals surface area contributed by atoms with Crippen molar-refractivity contribution in [3.8, 4) is 0 Å². The first kappa shape index (κ1) is 13.3. The molecule has 1 heterocycles. The Balaban J connectivity index is 2.14. The number of halogens is 1. The summed E-state index contributed by atoms with van der Waals surface area (Å²) in [6.45, 7) is 2.74. The summed E-state index contributed by atoms with van der Waals surface area (Å²) in [5.41, 5.74) is 2.15. The van der Waals surface area contributed by atoms with Crippen molar-refractivity contribution < 1.29 is 0 Å². The van der Waals surface area contributed by atoms with Crippen molar-refractivity contribution in [1.29, 1.82) is 0 Å². The van der Waals surface area contributed by atoms with Crippen molar-refractivity contribution in [2.75, 3.05) is 7.05 Å². The second-order valence-electron chi connectivity index (χ2n) is 3.93. The molecule has 2 rings (SSSR count). The van der Waals surface area contributed by atoms with Gasteiger partial charge in [-0.05, 0) is 49.0 Å². The van der Waals surface area contributed by atoms with Gasteiger partial charge in [0.1, 0.15) is 0 Å². The third-order valence-electron chi connectivity index (χ3n) is 2.36. The van der Waals surface area contributed by atoms with Gasteiger partial charge in [0, 0.05) is 28.9 Å². The van der Waals surface area contributed by atoms with Gasteiger partial charge in [0.2, 0.25) is 0 Å². The first-order valence-electron chi connectivity index (χ1n) is 5.58. The standard InChI is InChI=1S/C13H14ClN3S/c1-9-6-16-13(17-7-9)18-11-4-3-10(8-15-2)12(14)5-11/h3-7,15H,8H2,1-2H3. The Morgan fingerprint density at radius 1 is 1.28 bits per heavy atom. The van der Waals surface area contributed by atoms with E-state index >= 15 is 0 Å². The maximum Gasteiger partial charge on any atom is 0.192 e. The van der Waals surface area contributed by atoms with Crippen LogP contribution in [0.4, 0.5) is 0 Å². The van der Waals surface area contributed by atoms with E-state index in [1.54, 1.807) is 0 Å². The zero-order valence-electron chi connectivity index (χ0n) is 10.3. The van der Waals surface area contributed by atoms with Gasteiger partial charge >= 0.3 is 0 Å². The molecule has 0 bridgehead atoms. The van der Waals surface area contributed by atoms with Gasteiger partial charge < -0.3 is 5.32 Å². The smallest absolute Gasteiger partial charge is 0.192 e. The molecule has 0 fully saturated rings. The quantitative estimate of drug-likeness (QED) is 0.872. The van der Waals surface area contributed by atoms with E-state index in [0.29, 0.717) is 0 Å². The second-order valence-corrected chi connectivity index (χ2v) is 5.38. The van der Waals surface area contributed by atoms with Crippen molar-refractivity contribution in [3.05, 3.63) is 46.7 Å². The number of benzene rings is 1. The topological polar surface area (TPSA) is 37.8 Å². The number of aromatic nitrogens is 2. The zero-order valence-corrected chi connectivity index (χ0v) is 11.8. The average Bonchev–Trinajstić information content (AvgIpc) is 2.36. The summed E-state index contributed by atoms with van der Waals surface area (Å²) in [4.78, 5) is 9.56. The summed E-state index contributed by atoms with van der Waals surface area (Å²) in [5, 5.41) is 4.58. The van der Waals surface area contributed by atoms with Crippen LogP contribution in [0.25, 0.3) is 0 Å². The lowest BCUT2D eigenvalue weighted by Gasteiger charge is -2.06. The van der Waals surface area contributed by atoms with Crippen molar-refractivity contribution in [2.24, 2.45) is 0 Å². The Morgan fingerprint density at radius 2 is 2.00 bits per heavy atom. The maximum atomic E-state index is 6.21. The molecule has 0 amide bonds. The van der Waals surface area contributed by atoms with Gasteiger partial charge in [-0.1, -0.05) is 17.7 Å². The van der Waals surface area contributed by atoms with E-state index in [9.17, 15) is 0 Å². The average molecular weight is 280 g/mol. The van der Waals surface area contributed by atoms with E-state index in [4.69, 9.17) is 11.6 Å². The Hall–Kier alpha value is -1.10. The van der Waals surface area contributed by atoms with Crippen LogP contribution in [0, 0.1) is 6.92 Å². The summed E-state index contributed by atoms with van der Waals surface area (Å²) in [6.07, 6.45) is 3.62. The number of nitrogens with zero attached hydrogens (tertiary/aromatic N) is 2. The van der Waals surface area contributed by atoms with Gasteiger partial charge in [-0.25, -0.2) is 9.97 Å². The van der Waals surface area contributed by atoms with E-state index < -0.39 is 0 Å². The van der Waals surface area contributed by atoms with Crippen LogP contribution in [-0.2, 0) is 6.54 Å². The van der Waals surface area contributed by atoms with Crippen molar-refractivity contribution in [2.45, 2.75) is 23.5 Å². The van der Waals surface area contributed by atoms with Crippen LogP contribution in [-0.4, -0.2) is 17.0 Å². The van der Waals surface area contributed by atoms with Gasteiger partial charge in [0.05, 0.1) is 0 Å². The van der Waals surface area contributed by atoms with Crippen LogP contribution < -0.4 is 5.32 Å². The predicted octanol–water partition coefficient (Wildman–Crippen LogP) is 3.31. The van der Waals surface area contributed by atoms with Crippen LogP contribution >= 0.6 is 23.4 Å². The molecule has 0 aliphatic carbocycles. The SMILES string of the molecule is CNCc1ccc(Sc2ncc(C)cn2)cc1Cl. The minimum atomic E-state index is 0.734. The van der Waals surface area contributed by atoms with Gasteiger partial charge in [-0.3, -0.25) is 0 Å². The van der Waals surface area contributed by atoms with Crippen molar-refractivity contribution in [3.63, 3.8) is 0 Å². The molecular formula is C13H14ClN3S. The highest BCUT2D eigenvalue weighted by atomic mass is 35.5. The normalized spacial score (nSPS) is 10.6. The van der Waals surface area contributed by atoms with Gasteiger partial charge in [0.25, 0.3) is 0 Å². The van der Waals surface area contributed by atoms with Crippen LogP contribution in [0.3, 0.4) is 0 Å². The fourth-order valence-electron chi connectivity index (χ4n) is 1.46. The highest BCUT2D eigenvalue weighted by Gasteiger charge is 2.04. The van der Waals surface area contributed by atoms with Crippen LogP contribution in [0.5, 0.6) is 0 Å². The maximum absolute atomic E-state index is 6.21. The van der Waals surface area contributed by atoms with E-state index in [-0.39, 0.29) is 0 Å². The Morgan fingerprint density at radius 3 is 2.61 bits per heavy atom. The molecule has 0 unspecified atom stereocenters. The molecule has 1 aromatic heterocycles. The Bertz CT molecular complexity index is 528. The first-order chi connectivity index (χ1) is 8.69. The van der Waals surface area contributed by atoms with Gasteiger partial charge in [-0.15, -0.1) is 0 Å². The number of aryl methyl sites for hydroxylation is 1. The van der Waals surface area contributed by atoms with Gasteiger partial charge in [-0.2, -0.15) is 0 Å². The lowest BCUT2D eigenvalue weighted by Crippen LogP contribution is -2.05. The Kier molecular flexibility index (Phi) is 4.58. The van der Waals surface area contributed by atoms with E-state index in [0.717, 1.165) is 32.7 Å². The summed E-state index contributed by atoms with van der Waals surface area (Å²) in [7, 11) is 1.90. The summed E-state index contributed by atoms with van der Waals surface area (Å²) < 4.78 is 0. The fourth-order valence-corrected chi connectivity index (χ4v) is 2.51. The number of hydrogen-bond donors (Lipinski definition) is 1. The molecule has 0 saturated carbocycles. The van der Waals surface area contributed by atoms with Crippen LogP contribution in [0.1, 0.15) is 11.1 Å².